The lowest BCUT2D eigenvalue weighted by atomic mass is 10.2. The first kappa shape index (κ1) is 14.0. The van der Waals surface area contributed by atoms with Gasteiger partial charge in [0.05, 0.1) is 11.9 Å². The van der Waals surface area contributed by atoms with Crippen LogP contribution in [-0.4, -0.2) is 25.8 Å². The number of carbonyl (C=O) groups is 1. The minimum atomic E-state index is -4.93. The van der Waals surface area contributed by atoms with Crippen molar-refractivity contribution in [3.05, 3.63) is 41.3 Å². The zero-order chi connectivity index (χ0) is 14.9. The van der Waals surface area contributed by atoms with Crippen LogP contribution in [0.4, 0.5) is 17.6 Å². The van der Waals surface area contributed by atoms with E-state index in [0.717, 1.165) is 0 Å². The lowest BCUT2D eigenvalue weighted by Crippen LogP contribution is -2.18. The number of alkyl halides is 4. The molecule has 0 aliphatic rings. The molecule has 2 aromatic heterocycles. The summed E-state index contributed by atoms with van der Waals surface area (Å²) >= 11 is 0. The highest BCUT2D eigenvalue weighted by atomic mass is 19.4. The van der Waals surface area contributed by atoms with Crippen molar-refractivity contribution in [3.63, 3.8) is 0 Å². The SMILES string of the molecule is O=C(O)c1cnn(-c2cccc(CF)n2)c1C(F)(F)F. The fourth-order valence-electron chi connectivity index (χ4n) is 1.61. The normalized spacial score (nSPS) is 11.6. The van der Waals surface area contributed by atoms with Crippen molar-refractivity contribution >= 4 is 5.97 Å². The van der Waals surface area contributed by atoms with Crippen LogP contribution in [0.5, 0.6) is 0 Å². The van der Waals surface area contributed by atoms with Crippen LogP contribution in [0.3, 0.4) is 0 Å². The third kappa shape index (κ3) is 2.46. The van der Waals surface area contributed by atoms with Gasteiger partial charge in [-0.1, -0.05) is 6.07 Å². The molecule has 0 aliphatic heterocycles. The van der Waals surface area contributed by atoms with Gasteiger partial charge in [-0.15, -0.1) is 0 Å². The number of nitrogens with zero attached hydrogens (tertiary/aromatic N) is 3. The van der Waals surface area contributed by atoms with Gasteiger partial charge in [-0.25, -0.2) is 18.9 Å². The lowest BCUT2D eigenvalue weighted by molar-refractivity contribution is -0.143. The first-order valence-electron chi connectivity index (χ1n) is 5.25. The summed E-state index contributed by atoms with van der Waals surface area (Å²) in [6.07, 6.45) is -4.35. The Morgan fingerprint density at radius 1 is 1.35 bits per heavy atom. The van der Waals surface area contributed by atoms with Crippen LogP contribution < -0.4 is 0 Å². The zero-order valence-corrected chi connectivity index (χ0v) is 9.73. The van der Waals surface area contributed by atoms with Crippen LogP contribution in [0.1, 0.15) is 21.7 Å². The van der Waals surface area contributed by atoms with Gasteiger partial charge >= 0.3 is 12.1 Å². The van der Waals surface area contributed by atoms with E-state index in [2.05, 4.69) is 10.1 Å². The molecular weight excluding hydrogens is 282 g/mol. The highest BCUT2D eigenvalue weighted by molar-refractivity contribution is 5.89. The molecule has 0 unspecified atom stereocenters. The molecule has 2 aromatic rings. The number of carboxylic acids is 1. The molecule has 0 atom stereocenters. The van der Waals surface area contributed by atoms with Crippen LogP contribution in [0, 0.1) is 0 Å². The van der Waals surface area contributed by atoms with Gasteiger partial charge in [0.25, 0.3) is 0 Å². The van der Waals surface area contributed by atoms with Crippen LogP contribution in [0.2, 0.25) is 0 Å². The van der Waals surface area contributed by atoms with Crippen molar-refractivity contribution < 1.29 is 27.5 Å². The minimum Gasteiger partial charge on any atom is -0.478 e. The van der Waals surface area contributed by atoms with Gasteiger partial charge in [0.15, 0.2) is 11.5 Å². The minimum absolute atomic E-state index is 0.0806. The van der Waals surface area contributed by atoms with Crippen molar-refractivity contribution in [1.82, 2.24) is 14.8 Å². The Labute approximate surface area is 109 Å². The molecule has 0 spiro atoms. The van der Waals surface area contributed by atoms with E-state index < -0.39 is 30.1 Å². The predicted octanol–water partition coefficient (Wildman–Crippen LogP) is 2.45. The molecule has 0 bridgehead atoms. The highest BCUT2D eigenvalue weighted by Crippen LogP contribution is 2.33. The van der Waals surface area contributed by atoms with Gasteiger partial charge in [0, 0.05) is 0 Å². The van der Waals surface area contributed by atoms with Gasteiger partial charge in [0.1, 0.15) is 12.2 Å². The predicted molar refractivity (Wildman–Crippen MR) is 58.1 cm³/mol. The van der Waals surface area contributed by atoms with Gasteiger partial charge in [-0.2, -0.15) is 18.3 Å². The molecule has 0 amide bonds. The smallest absolute Gasteiger partial charge is 0.434 e. The van der Waals surface area contributed by atoms with Gasteiger partial charge < -0.3 is 5.11 Å². The summed E-state index contributed by atoms with van der Waals surface area (Å²) < 4.78 is 51.7. The number of pyridine rings is 1. The highest BCUT2D eigenvalue weighted by Gasteiger charge is 2.40. The largest absolute Gasteiger partial charge is 0.478 e. The Kier molecular flexibility index (Phi) is 3.43. The maximum atomic E-state index is 12.9. The zero-order valence-electron chi connectivity index (χ0n) is 9.73. The fraction of sp³-hybridized carbons (Fsp3) is 0.182. The Morgan fingerprint density at radius 3 is 2.60 bits per heavy atom. The Bertz CT molecular complexity index is 651. The molecule has 0 saturated carbocycles. The molecule has 2 rings (SSSR count). The first-order valence-corrected chi connectivity index (χ1v) is 5.25. The van der Waals surface area contributed by atoms with Gasteiger partial charge in [-0.3, -0.25) is 0 Å². The van der Waals surface area contributed by atoms with Crippen molar-refractivity contribution in [2.24, 2.45) is 0 Å². The maximum absolute atomic E-state index is 12.9. The number of aromatic nitrogens is 3. The summed E-state index contributed by atoms with van der Waals surface area (Å²) in [6.45, 7) is -0.956. The number of aromatic carboxylic acids is 1. The Morgan fingerprint density at radius 2 is 2.05 bits per heavy atom. The molecule has 0 aromatic carbocycles. The molecule has 0 saturated heterocycles. The molecule has 0 fully saturated rings. The molecule has 20 heavy (non-hydrogen) atoms. The second-order valence-electron chi connectivity index (χ2n) is 3.74. The van der Waals surface area contributed by atoms with Crippen molar-refractivity contribution in [2.75, 3.05) is 0 Å². The summed E-state index contributed by atoms with van der Waals surface area (Å²) in [5.41, 5.74) is -2.54. The van der Waals surface area contributed by atoms with Crippen molar-refractivity contribution in [2.45, 2.75) is 12.9 Å². The summed E-state index contributed by atoms with van der Waals surface area (Å²) in [6, 6.07) is 3.77. The Balaban J connectivity index is 2.65. The average molecular weight is 289 g/mol. The van der Waals surface area contributed by atoms with Crippen molar-refractivity contribution in [3.8, 4) is 5.82 Å². The van der Waals surface area contributed by atoms with E-state index in [1.54, 1.807) is 0 Å². The van der Waals surface area contributed by atoms with Crippen LogP contribution in [0.25, 0.3) is 5.82 Å². The topological polar surface area (TPSA) is 68.0 Å². The van der Waals surface area contributed by atoms with E-state index in [-0.39, 0.29) is 11.5 Å². The number of hydrogen-bond acceptors (Lipinski definition) is 3. The second kappa shape index (κ2) is 4.91. The van der Waals surface area contributed by atoms with Crippen LogP contribution in [-0.2, 0) is 12.9 Å². The van der Waals surface area contributed by atoms with Crippen LogP contribution in [0.15, 0.2) is 24.4 Å². The second-order valence-corrected chi connectivity index (χ2v) is 3.74. The summed E-state index contributed by atoms with van der Waals surface area (Å²) in [7, 11) is 0. The van der Waals surface area contributed by atoms with Gasteiger partial charge in [0.2, 0.25) is 0 Å². The van der Waals surface area contributed by atoms with E-state index in [4.69, 9.17) is 5.11 Å². The molecule has 1 N–H and O–H groups in total. The molecule has 0 radical (unpaired) electrons. The monoisotopic (exact) mass is 289 g/mol. The average Bonchev–Trinajstić information content (AvgIpc) is 2.83. The molecule has 9 heteroatoms. The Hall–Kier alpha value is -2.45. The third-order valence-corrected chi connectivity index (χ3v) is 2.41. The summed E-state index contributed by atoms with van der Waals surface area (Å²) in [5, 5.41) is 12.1. The first-order chi connectivity index (χ1) is 9.34. The molecule has 106 valence electrons. The molecule has 2 heterocycles. The van der Waals surface area contributed by atoms with E-state index >= 15 is 0 Å². The van der Waals surface area contributed by atoms with Crippen LogP contribution >= 0.6 is 0 Å². The summed E-state index contributed by atoms with van der Waals surface area (Å²) in [4.78, 5) is 14.4. The third-order valence-electron chi connectivity index (χ3n) is 2.41. The number of rotatable bonds is 3. The van der Waals surface area contributed by atoms with E-state index in [0.29, 0.717) is 10.9 Å². The number of hydrogen-bond donors (Lipinski definition) is 1. The lowest BCUT2D eigenvalue weighted by Gasteiger charge is -2.11. The standard InChI is InChI=1S/C11H7F4N3O2/c12-4-6-2-1-3-8(17-6)18-9(11(13,14)15)7(5-16-18)10(19)20/h1-3,5H,4H2,(H,19,20). The quantitative estimate of drug-likeness (QED) is 0.881. The maximum Gasteiger partial charge on any atom is 0.434 e. The fourth-order valence-corrected chi connectivity index (χ4v) is 1.61. The summed E-state index contributed by atoms with van der Waals surface area (Å²) in [5.74, 6) is -2.06. The molecular formula is C11H7F4N3O2. The number of halogens is 4. The van der Waals surface area contributed by atoms with Crippen molar-refractivity contribution in [1.29, 1.82) is 0 Å². The van der Waals surface area contributed by atoms with Gasteiger partial charge in [-0.05, 0) is 12.1 Å². The number of carboxylic acid groups (broad SMARTS) is 1. The molecule has 0 aliphatic carbocycles. The van der Waals surface area contributed by atoms with E-state index in [9.17, 15) is 22.4 Å². The van der Waals surface area contributed by atoms with E-state index in [1.807, 2.05) is 0 Å². The van der Waals surface area contributed by atoms with E-state index in [1.165, 1.54) is 18.2 Å². The molecule has 5 nitrogen and oxygen atoms in total.